The van der Waals surface area contributed by atoms with Crippen LogP contribution in [0.5, 0.6) is 0 Å². The molecule has 1 rings (SSSR count). The maximum absolute atomic E-state index is 11.4. The SMILES string of the molecule is CC(C)(C)OC(=O)NCCC=Cc1ccc(C#N)cc1[N+](=O)[O-]. The Morgan fingerprint density at radius 2 is 2.17 bits per heavy atom. The molecule has 0 saturated carbocycles. The van der Waals surface area contributed by atoms with E-state index in [1.807, 2.05) is 6.07 Å². The largest absolute Gasteiger partial charge is 0.444 e. The molecule has 0 aromatic heterocycles. The molecule has 7 nitrogen and oxygen atoms in total. The van der Waals surface area contributed by atoms with Gasteiger partial charge < -0.3 is 10.1 Å². The molecular formula is C16H19N3O4. The molecule has 0 fully saturated rings. The number of nitro benzene ring substituents is 1. The van der Waals surface area contributed by atoms with Crippen LogP contribution in [0.25, 0.3) is 6.08 Å². The summed E-state index contributed by atoms with van der Waals surface area (Å²) in [6.07, 6.45) is 3.30. The second-order valence-corrected chi connectivity index (χ2v) is 5.76. The lowest BCUT2D eigenvalue weighted by Gasteiger charge is -2.19. The van der Waals surface area contributed by atoms with Crippen molar-refractivity contribution in [2.45, 2.75) is 32.8 Å². The van der Waals surface area contributed by atoms with Crippen LogP contribution in [0.15, 0.2) is 24.3 Å². The molecule has 0 atom stereocenters. The molecule has 0 saturated heterocycles. The highest BCUT2D eigenvalue weighted by molar-refractivity contribution is 5.67. The first kappa shape index (κ1) is 18.2. The Kier molecular flexibility index (Phi) is 6.27. The lowest BCUT2D eigenvalue weighted by Crippen LogP contribution is -2.32. The fourth-order valence-electron chi connectivity index (χ4n) is 1.69. The van der Waals surface area contributed by atoms with E-state index in [9.17, 15) is 14.9 Å². The number of carbonyl (C=O) groups excluding carboxylic acids is 1. The molecule has 1 aromatic carbocycles. The molecule has 0 bridgehead atoms. The number of alkyl carbamates (subject to hydrolysis) is 1. The Morgan fingerprint density at radius 3 is 2.74 bits per heavy atom. The minimum absolute atomic E-state index is 0.125. The van der Waals surface area contributed by atoms with Crippen LogP contribution in [0.4, 0.5) is 10.5 Å². The van der Waals surface area contributed by atoms with Gasteiger partial charge in [0.05, 0.1) is 22.1 Å². The van der Waals surface area contributed by atoms with Crippen LogP contribution in [-0.2, 0) is 4.74 Å². The van der Waals surface area contributed by atoms with Crippen molar-refractivity contribution >= 4 is 17.9 Å². The minimum atomic E-state index is -0.553. The Labute approximate surface area is 134 Å². The van der Waals surface area contributed by atoms with Crippen LogP contribution in [0.2, 0.25) is 0 Å². The van der Waals surface area contributed by atoms with Gasteiger partial charge in [0.15, 0.2) is 0 Å². The molecule has 0 aliphatic heterocycles. The Balaban J connectivity index is 2.57. The van der Waals surface area contributed by atoms with Gasteiger partial charge in [0.25, 0.3) is 5.69 Å². The number of hydrogen-bond acceptors (Lipinski definition) is 5. The zero-order chi connectivity index (χ0) is 17.5. The summed E-state index contributed by atoms with van der Waals surface area (Å²) in [5.41, 5.74) is -0.0321. The number of nitro groups is 1. The van der Waals surface area contributed by atoms with Crippen LogP contribution in [-0.4, -0.2) is 23.2 Å². The number of amides is 1. The zero-order valence-corrected chi connectivity index (χ0v) is 13.3. The average molecular weight is 317 g/mol. The van der Waals surface area contributed by atoms with Crippen molar-refractivity contribution in [1.29, 1.82) is 5.26 Å². The van der Waals surface area contributed by atoms with E-state index in [2.05, 4.69) is 5.32 Å². The van der Waals surface area contributed by atoms with Crippen molar-refractivity contribution in [3.63, 3.8) is 0 Å². The molecule has 0 aliphatic carbocycles. The van der Waals surface area contributed by atoms with Gasteiger partial charge in [-0.25, -0.2) is 4.79 Å². The molecule has 7 heteroatoms. The van der Waals surface area contributed by atoms with Gasteiger partial charge in [0.2, 0.25) is 0 Å². The maximum atomic E-state index is 11.4. The van der Waals surface area contributed by atoms with Gasteiger partial charge >= 0.3 is 6.09 Å². The highest BCUT2D eigenvalue weighted by Gasteiger charge is 2.15. The maximum Gasteiger partial charge on any atom is 0.407 e. The number of nitrogens with zero attached hydrogens (tertiary/aromatic N) is 2. The van der Waals surface area contributed by atoms with Crippen LogP contribution >= 0.6 is 0 Å². The average Bonchev–Trinajstić information content (AvgIpc) is 2.45. The third kappa shape index (κ3) is 6.61. The summed E-state index contributed by atoms with van der Waals surface area (Å²) >= 11 is 0. The second kappa shape index (κ2) is 7.94. The number of benzene rings is 1. The second-order valence-electron chi connectivity index (χ2n) is 5.76. The standard InChI is InChI=1S/C16H19N3O4/c1-16(2,3)23-15(20)18-9-5-4-6-13-8-7-12(11-17)10-14(13)19(21)22/h4,6-8,10H,5,9H2,1-3H3,(H,18,20). The molecule has 0 spiro atoms. The molecule has 0 unspecified atom stereocenters. The number of hydrogen-bond donors (Lipinski definition) is 1. The number of nitrogens with one attached hydrogen (secondary N) is 1. The third-order valence-electron chi connectivity index (χ3n) is 2.63. The summed E-state index contributed by atoms with van der Waals surface area (Å²) in [4.78, 5) is 21.9. The van der Waals surface area contributed by atoms with Gasteiger partial charge in [-0.15, -0.1) is 0 Å². The lowest BCUT2D eigenvalue weighted by molar-refractivity contribution is -0.385. The van der Waals surface area contributed by atoms with E-state index in [4.69, 9.17) is 10.00 Å². The summed E-state index contributed by atoms with van der Waals surface area (Å²) in [6.45, 7) is 5.68. The smallest absolute Gasteiger partial charge is 0.407 e. The number of carbonyl (C=O) groups is 1. The molecule has 122 valence electrons. The molecule has 0 radical (unpaired) electrons. The Bertz CT molecular complexity index is 654. The molecule has 0 heterocycles. The first-order valence-corrected chi connectivity index (χ1v) is 7.05. The van der Waals surface area contributed by atoms with Crippen molar-refractivity contribution in [3.05, 3.63) is 45.5 Å². The Morgan fingerprint density at radius 1 is 1.48 bits per heavy atom. The van der Waals surface area contributed by atoms with E-state index in [1.54, 1.807) is 32.9 Å². The number of nitriles is 1. The molecule has 1 N–H and O–H groups in total. The monoisotopic (exact) mass is 317 g/mol. The Hall–Kier alpha value is -2.88. The van der Waals surface area contributed by atoms with E-state index in [0.29, 0.717) is 18.5 Å². The predicted octanol–water partition coefficient (Wildman–Crippen LogP) is 3.39. The van der Waals surface area contributed by atoms with Crippen molar-refractivity contribution in [2.75, 3.05) is 6.54 Å². The first-order chi connectivity index (χ1) is 10.7. The highest BCUT2D eigenvalue weighted by Crippen LogP contribution is 2.21. The topological polar surface area (TPSA) is 105 Å². The minimum Gasteiger partial charge on any atom is -0.444 e. The van der Waals surface area contributed by atoms with Gasteiger partial charge in [-0.3, -0.25) is 10.1 Å². The van der Waals surface area contributed by atoms with Gasteiger partial charge in [0, 0.05) is 12.6 Å². The molecule has 0 aliphatic rings. The summed E-state index contributed by atoms with van der Waals surface area (Å²) in [5, 5.41) is 22.4. The number of ether oxygens (including phenoxy) is 1. The first-order valence-electron chi connectivity index (χ1n) is 7.05. The van der Waals surface area contributed by atoms with Crippen molar-refractivity contribution in [2.24, 2.45) is 0 Å². The summed E-state index contributed by atoms with van der Waals surface area (Å²) in [5.74, 6) is 0. The van der Waals surface area contributed by atoms with Crippen LogP contribution in [0.1, 0.15) is 38.3 Å². The van der Waals surface area contributed by atoms with Crippen LogP contribution < -0.4 is 5.32 Å². The number of rotatable bonds is 5. The molecule has 1 aromatic rings. The van der Waals surface area contributed by atoms with Crippen molar-refractivity contribution in [1.82, 2.24) is 5.32 Å². The van der Waals surface area contributed by atoms with E-state index >= 15 is 0 Å². The fraction of sp³-hybridized carbons (Fsp3) is 0.375. The summed E-state index contributed by atoms with van der Waals surface area (Å²) < 4.78 is 5.08. The van der Waals surface area contributed by atoms with Crippen molar-refractivity contribution < 1.29 is 14.5 Å². The lowest BCUT2D eigenvalue weighted by atomic mass is 10.1. The molecular weight excluding hydrogens is 298 g/mol. The van der Waals surface area contributed by atoms with Gasteiger partial charge in [-0.2, -0.15) is 5.26 Å². The van der Waals surface area contributed by atoms with E-state index in [-0.39, 0.29) is 11.3 Å². The van der Waals surface area contributed by atoms with Gasteiger partial charge in [0.1, 0.15) is 5.60 Å². The van der Waals surface area contributed by atoms with Crippen LogP contribution in [0.3, 0.4) is 0 Å². The van der Waals surface area contributed by atoms with E-state index in [0.717, 1.165) is 0 Å². The quantitative estimate of drug-likeness (QED) is 0.509. The summed E-state index contributed by atoms with van der Waals surface area (Å²) in [6, 6.07) is 6.14. The van der Waals surface area contributed by atoms with Gasteiger partial charge in [-0.1, -0.05) is 12.2 Å². The predicted molar refractivity (Wildman–Crippen MR) is 85.7 cm³/mol. The molecule has 1 amide bonds. The summed E-state index contributed by atoms with van der Waals surface area (Å²) in [7, 11) is 0. The van der Waals surface area contributed by atoms with Crippen LogP contribution in [0, 0.1) is 21.4 Å². The normalized spacial score (nSPS) is 11.0. The van der Waals surface area contributed by atoms with Crippen molar-refractivity contribution in [3.8, 4) is 6.07 Å². The fourth-order valence-corrected chi connectivity index (χ4v) is 1.69. The van der Waals surface area contributed by atoms with E-state index in [1.165, 1.54) is 18.2 Å². The van der Waals surface area contributed by atoms with E-state index < -0.39 is 16.6 Å². The molecule has 23 heavy (non-hydrogen) atoms. The zero-order valence-electron chi connectivity index (χ0n) is 13.3. The third-order valence-corrected chi connectivity index (χ3v) is 2.63. The van der Waals surface area contributed by atoms with Gasteiger partial charge in [-0.05, 0) is 39.3 Å². The highest BCUT2D eigenvalue weighted by atomic mass is 16.6.